The van der Waals surface area contributed by atoms with Crippen LogP contribution in [0.5, 0.6) is 0 Å². The molecule has 0 aliphatic heterocycles. The van der Waals surface area contributed by atoms with Crippen molar-refractivity contribution in [2.75, 3.05) is 0 Å². The summed E-state index contributed by atoms with van der Waals surface area (Å²) in [5, 5.41) is 9.30. The first-order valence-electron chi connectivity index (χ1n) is 5.62. The van der Waals surface area contributed by atoms with Gasteiger partial charge in [-0.25, -0.2) is 0 Å². The van der Waals surface area contributed by atoms with Crippen LogP contribution >= 0.6 is 15.9 Å². The van der Waals surface area contributed by atoms with E-state index in [4.69, 9.17) is 0 Å². The maximum absolute atomic E-state index is 11.3. The van der Waals surface area contributed by atoms with Crippen LogP contribution in [-0.4, -0.2) is 11.1 Å². The molecule has 1 N–H and O–H groups in total. The number of carboxylic acids is 1. The van der Waals surface area contributed by atoms with Gasteiger partial charge in [-0.2, -0.15) is 0 Å². The minimum Gasteiger partial charge on any atom is -0.481 e. The molecule has 3 aliphatic carbocycles. The summed E-state index contributed by atoms with van der Waals surface area (Å²) in [5.41, 5.74) is 1.13. The number of halogens is 1. The lowest BCUT2D eigenvalue weighted by molar-refractivity contribution is -0.150. The van der Waals surface area contributed by atoms with E-state index in [1.807, 2.05) is 12.1 Å². The number of rotatable bonds is 2. The van der Waals surface area contributed by atoms with Gasteiger partial charge in [-0.05, 0) is 42.9 Å². The first kappa shape index (κ1) is 10.3. The van der Waals surface area contributed by atoms with E-state index < -0.39 is 5.97 Å². The summed E-state index contributed by atoms with van der Waals surface area (Å²) in [7, 11) is 0. The monoisotopic (exact) mass is 280 g/mol. The molecule has 0 heterocycles. The van der Waals surface area contributed by atoms with Crippen molar-refractivity contribution in [3.8, 4) is 0 Å². The minimum absolute atomic E-state index is 0.0692. The van der Waals surface area contributed by atoms with Gasteiger partial charge in [0.05, 0.1) is 5.92 Å². The van der Waals surface area contributed by atoms with Gasteiger partial charge in [0.1, 0.15) is 0 Å². The maximum Gasteiger partial charge on any atom is 0.307 e. The molecule has 0 unspecified atom stereocenters. The molecule has 1 aromatic rings. The maximum atomic E-state index is 11.3. The van der Waals surface area contributed by atoms with Crippen LogP contribution in [0.1, 0.15) is 24.8 Å². The Labute approximate surface area is 103 Å². The number of hydrogen-bond acceptors (Lipinski definition) is 1. The fourth-order valence-corrected chi connectivity index (χ4v) is 4.05. The van der Waals surface area contributed by atoms with Crippen molar-refractivity contribution in [3.05, 3.63) is 34.3 Å². The topological polar surface area (TPSA) is 37.3 Å². The lowest BCUT2D eigenvalue weighted by Crippen LogP contribution is -2.48. The van der Waals surface area contributed by atoms with Gasteiger partial charge < -0.3 is 5.11 Å². The highest BCUT2D eigenvalue weighted by atomic mass is 79.9. The van der Waals surface area contributed by atoms with Crippen molar-refractivity contribution in [1.82, 2.24) is 0 Å². The number of fused-ring (bicyclic) bond motifs is 1. The smallest absolute Gasteiger partial charge is 0.307 e. The third kappa shape index (κ3) is 1.21. The van der Waals surface area contributed by atoms with Crippen molar-refractivity contribution in [2.45, 2.75) is 24.7 Å². The Morgan fingerprint density at radius 2 is 2.31 bits per heavy atom. The lowest BCUT2D eigenvalue weighted by atomic mass is 9.57. The van der Waals surface area contributed by atoms with Crippen molar-refractivity contribution >= 4 is 21.9 Å². The summed E-state index contributed by atoms with van der Waals surface area (Å²) in [4.78, 5) is 11.3. The van der Waals surface area contributed by atoms with Gasteiger partial charge in [0, 0.05) is 9.89 Å². The van der Waals surface area contributed by atoms with Crippen LogP contribution in [0.15, 0.2) is 28.7 Å². The van der Waals surface area contributed by atoms with Crippen molar-refractivity contribution in [3.63, 3.8) is 0 Å². The number of carbonyl (C=O) groups is 1. The van der Waals surface area contributed by atoms with Gasteiger partial charge in [0.25, 0.3) is 0 Å². The van der Waals surface area contributed by atoms with E-state index in [9.17, 15) is 9.90 Å². The molecule has 2 nitrogen and oxygen atoms in total. The fraction of sp³-hybridized carbons (Fsp3) is 0.462. The molecule has 3 atom stereocenters. The average Bonchev–Trinajstić information content (AvgIpc) is 2.74. The van der Waals surface area contributed by atoms with E-state index in [-0.39, 0.29) is 11.3 Å². The second-order valence-corrected chi connectivity index (χ2v) is 5.90. The van der Waals surface area contributed by atoms with Crippen LogP contribution in [0.4, 0.5) is 0 Å². The van der Waals surface area contributed by atoms with Crippen LogP contribution in [-0.2, 0) is 10.2 Å². The zero-order chi connectivity index (χ0) is 11.3. The predicted octanol–water partition coefficient (Wildman–Crippen LogP) is 3.20. The summed E-state index contributed by atoms with van der Waals surface area (Å²) in [5.74, 6) is -0.355. The normalized spacial score (nSPS) is 35.8. The van der Waals surface area contributed by atoms with Gasteiger partial charge in [0.2, 0.25) is 0 Å². The summed E-state index contributed by atoms with van der Waals surface area (Å²) in [6, 6.07) is 8.14. The molecule has 2 bridgehead atoms. The number of carboxylic acid groups (broad SMARTS) is 1. The molecule has 3 saturated carbocycles. The molecule has 3 heteroatoms. The van der Waals surface area contributed by atoms with E-state index in [1.165, 1.54) is 5.56 Å². The standard InChI is InChI=1S/C13H13BrO2/c14-10-3-1-2-9(6-10)13-5-4-8(7-13)11(13)12(15)16/h1-3,6,8,11H,4-5,7H2,(H,15,16)/t8-,11+,13+/m1/s1. The summed E-state index contributed by atoms with van der Waals surface area (Å²) in [6.45, 7) is 0. The summed E-state index contributed by atoms with van der Waals surface area (Å²) >= 11 is 3.46. The van der Waals surface area contributed by atoms with E-state index in [1.54, 1.807) is 0 Å². The molecule has 0 amide bonds. The molecule has 0 aromatic heterocycles. The summed E-state index contributed by atoms with van der Waals surface area (Å²) in [6.07, 6.45) is 3.16. The van der Waals surface area contributed by atoms with E-state index in [0.29, 0.717) is 5.92 Å². The van der Waals surface area contributed by atoms with Crippen LogP contribution in [0, 0.1) is 11.8 Å². The molecule has 0 saturated heterocycles. The third-order valence-corrected chi connectivity index (χ3v) is 4.81. The lowest BCUT2D eigenvalue weighted by Gasteiger charge is -2.45. The quantitative estimate of drug-likeness (QED) is 0.903. The van der Waals surface area contributed by atoms with Crippen molar-refractivity contribution in [1.29, 1.82) is 0 Å². The highest BCUT2D eigenvalue weighted by Crippen LogP contribution is 2.64. The fourth-order valence-electron chi connectivity index (χ4n) is 3.65. The Hall–Kier alpha value is -0.830. The highest BCUT2D eigenvalue weighted by Gasteiger charge is 2.62. The second-order valence-electron chi connectivity index (χ2n) is 4.99. The molecule has 3 fully saturated rings. The molecule has 0 spiro atoms. The van der Waals surface area contributed by atoms with E-state index >= 15 is 0 Å². The molecule has 1 aromatic carbocycles. The highest BCUT2D eigenvalue weighted by molar-refractivity contribution is 9.10. The van der Waals surface area contributed by atoms with Crippen molar-refractivity contribution < 1.29 is 9.90 Å². The summed E-state index contributed by atoms with van der Waals surface area (Å²) < 4.78 is 1.04. The SMILES string of the molecule is O=C(O)[C@@H]1[C@@H]2CC[C@@]1(c1cccc(Br)c1)C2. The Balaban J connectivity index is 2.03. The predicted molar refractivity (Wildman–Crippen MR) is 64.3 cm³/mol. The largest absolute Gasteiger partial charge is 0.481 e. The molecular weight excluding hydrogens is 268 g/mol. The molecule has 84 valence electrons. The Morgan fingerprint density at radius 1 is 1.50 bits per heavy atom. The Morgan fingerprint density at radius 3 is 2.94 bits per heavy atom. The van der Waals surface area contributed by atoms with Gasteiger partial charge in [-0.15, -0.1) is 0 Å². The second kappa shape index (κ2) is 3.33. The molecule has 0 radical (unpaired) electrons. The average molecular weight is 281 g/mol. The Bertz CT molecular complexity index is 453. The number of hydrogen-bond donors (Lipinski definition) is 1. The first-order valence-corrected chi connectivity index (χ1v) is 6.42. The van der Waals surface area contributed by atoms with Gasteiger partial charge >= 0.3 is 5.97 Å². The van der Waals surface area contributed by atoms with Crippen LogP contribution in [0.25, 0.3) is 0 Å². The van der Waals surface area contributed by atoms with E-state index in [2.05, 4.69) is 28.1 Å². The van der Waals surface area contributed by atoms with Crippen LogP contribution in [0.3, 0.4) is 0 Å². The molecule has 3 aliphatic rings. The third-order valence-electron chi connectivity index (χ3n) is 4.32. The zero-order valence-electron chi connectivity index (χ0n) is 8.82. The molecular formula is C13H13BrO2. The van der Waals surface area contributed by atoms with Crippen molar-refractivity contribution in [2.24, 2.45) is 11.8 Å². The zero-order valence-corrected chi connectivity index (χ0v) is 10.4. The Kier molecular flexibility index (Phi) is 2.15. The number of benzene rings is 1. The van der Waals surface area contributed by atoms with Gasteiger partial charge in [-0.1, -0.05) is 28.1 Å². The first-order chi connectivity index (χ1) is 7.63. The minimum atomic E-state index is -0.617. The van der Waals surface area contributed by atoms with E-state index in [0.717, 1.165) is 23.7 Å². The van der Waals surface area contributed by atoms with Crippen LogP contribution < -0.4 is 0 Å². The van der Waals surface area contributed by atoms with Gasteiger partial charge in [-0.3, -0.25) is 4.79 Å². The van der Waals surface area contributed by atoms with Crippen LogP contribution in [0.2, 0.25) is 0 Å². The molecule has 4 rings (SSSR count). The number of aliphatic carboxylic acids is 1. The molecule has 16 heavy (non-hydrogen) atoms. The van der Waals surface area contributed by atoms with Gasteiger partial charge in [0.15, 0.2) is 0 Å².